The molecule has 6 heteroatoms. The fraction of sp³-hybridized carbons (Fsp3) is 0.467. The molecule has 21 heavy (non-hydrogen) atoms. The zero-order valence-electron chi connectivity index (χ0n) is 13.0. The average molecular weight is 346 g/mol. The van der Waals surface area contributed by atoms with Gasteiger partial charge in [0.2, 0.25) is 0 Å². The summed E-state index contributed by atoms with van der Waals surface area (Å²) < 4.78 is 23.9. The van der Waals surface area contributed by atoms with E-state index in [0.29, 0.717) is 12.4 Å². The first kappa shape index (κ1) is 18.7. The van der Waals surface area contributed by atoms with Crippen LogP contribution >= 0.6 is 29.9 Å². The van der Waals surface area contributed by atoms with E-state index in [1.54, 1.807) is 11.8 Å². The highest BCUT2D eigenvalue weighted by Crippen LogP contribution is 2.60. The third-order valence-electron chi connectivity index (χ3n) is 2.51. The second-order valence-electron chi connectivity index (χ2n) is 4.19. The fourth-order valence-electron chi connectivity index (χ4n) is 1.62. The molecule has 0 radical (unpaired) electrons. The summed E-state index contributed by atoms with van der Waals surface area (Å²) in [5.74, 6) is 1.35. The van der Waals surface area contributed by atoms with Crippen LogP contribution in [-0.4, -0.2) is 18.6 Å². The smallest absolute Gasteiger partial charge is 0.416 e. The largest absolute Gasteiger partial charge is 0.440 e. The predicted molar refractivity (Wildman–Crippen MR) is 95.5 cm³/mol. The van der Waals surface area contributed by atoms with Crippen LogP contribution in [0.2, 0.25) is 0 Å². The Morgan fingerprint density at radius 1 is 1.33 bits per heavy atom. The average Bonchev–Trinajstić information content (AvgIpc) is 2.47. The lowest BCUT2D eigenvalue weighted by Crippen LogP contribution is -1.97. The van der Waals surface area contributed by atoms with Gasteiger partial charge in [-0.25, -0.2) is 4.57 Å². The van der Waals surface area contributed by atoms with Crippen molar-refractivity contribution in [2.45, 2.75) is 32.1 Å². The van der Waals surface area contributed by atoms with Crippen LogP contribution in [0.3, 0.4) is 0 Å². The van der Waals surface area contributed by atoms with Crippen molar-refractivity contribution in [2.24, 2.45) is 0 Å². The van der Waals surface area contributed by atoms with Crippen molar-refractivity contribution in [1.29, 1.82) is 0 Å². The third-order valence-corrected chi connectivity index (χ3v) is 7.18. The van der Waals surface area contributed by atoms with E-state index in [2.05, 4.69) is 0 Å². The van der Waals surface area contributed by atoms with Gasteiger partial charge in [-0.15, -0.1) is 11.8 Å². The summed E-state index contributed by atoms with van der Waals surface area (Å²) in [6.45, 7) is 3.03. The van der Waals surface area contributed by atoms with Crippen LogP contribution < -0.4 is 4.52 Å². The van der Waals surface area contributed by atoms with E-state index in [1.165, 1.54) is 11.4 Å². The molecule has 0 bridgehead atoms. The van der Waals surface area contributed by atoms with Crippen molar-refractivity contribution in [3.05, 3.63) is 29.8 Å². The molecule has 118 valence electrons. The van der Waals surface area contributed by atoms with E-state index < -0.39 is 6.80 Å². The molecule has 0 saturated carbocycles. The number of rotatable bonds is 9. The first-order chi connectivity index (χ1) is 10.1. The Morgan fingerprint density at radius 2 is 2.10 bits per heavy atom. The minimum atomic E-state index is -3.16. The highest BCUT2D eigenvalue weighted by molar-refractivity contribution is 8.55. The maximum atomic E-state index is 12.7. The minimum Gasteiger partial charge on any atom is -0.416 e. The topological polar surface area (TPSA) is 35.5 Å². The maximum absolute atomic E-state index is 12.7. The Kier molecular flexibility index (Phi) is 8.57. The van der Waals surface area contributed by atoms with Crippen LogP contribution in [0, 0.1) is 0 Å². The van der Waals surface area contributed by atoms with Crippen molar-refractivity contribution in [2.75, 3.05) is 18.6 Å². The zero-order chi connectivity index (χ0) is 15.7. The van der Waals surface area contributed by atoms with Gasteiger partial charge >= 0.3 is 6.80 Å². The fourth-order valence-corrected chi connectivity index (χ4v) is 5.53. The molecule has 0 aromatic heterocycles. The first-order valence-electron chi connectivity index (χ1n) is 6.98. The van der Waals surface area contributed by atoms with Crippen LogP contribution in [0.15, 0.2) is 29.2 Å². The highest BCUT2D eigenvalue weighted by Gasteiger charge is 2.27. The molecule has 1 atom stereocenters. The summed E-state index contributed by atoms with van der Waals surface area (Å²) >= 11 is 2.93. The molecule has 3 nitrogen and oxygen atoms in total. The molecule has 1 rings (SSSR count). The molecular formula is C15H23O3PS2. The Balaban J connectivity index is 3.04. The second kappa shape index (κ2) is 9.62. The Labute approximate surface area is 136 Å². The van der Waals surface area contributed by atoms with Gasteiger partial charge in [-0.2, -0.15) is 0 Å². The summed E-state index contributed by atoms with van der Waals surface area (Å²) in [5, 5.41) is 0. The third kappa shape index (κ3) is 6.11. The van der Waals surface area contributed by atoms with Crippen molar-refractivity contribution < 1.29 is 13.6 Å². The van der Waals surface area contributed by atoms with Gasteiger partial charge in [-0.1, -0.05) is 19.1 Å². The molecule has 0 aliphatic rings. The summed E-state index contributed by atoms with van der Waals surface area (Å²) in [4.78, 5) is 1.14. The number of hydrogen-bond acceptors (Lipinski definition) is 5. The van der Waals surface area contributed by atoms with Gasteiger partial charge in [-0.05, 0) is 56.1 Å². The van der Waals surface area contributed by atoms with Gasteiger partial charge in [0.05, 0.1) is 6.61 Å². The zero-order valence-corrected chi connectivity index (χ0v) is 15.5. The van der Waals surface area contributed by atoms with E-state index in [1.807, 2.05) is 57.4 Å². The number of benzene rings is 1. The molecule has 0 spiro atoms. The molecular weight excluding hydrogens is 323 g/mol. The van der Waals surface area contributed by atoms with Crippen molar-refractivity contribution in [3.63, 3.8) is 0 Å². The molecule has 1 aromatic carbocycles. The van der Waals surface area contributed by atoms with Crippen LogP contribution in [0.1, 0.15) is 32.8 Å². The Bertz CT molecular complexity index is 518. The lowest BCUT2D eigenvalue weighted by Gasteiger charge is -2.19. The minimum absolute atomic E-state index is 0.371. The predicted octanol–water partition coefficient (Wildman–Crippen LogP) is 6.11. The molecule has 0 saturated heterocycles. The molecule has 0 heterocycles. The van der Waals surface area contributed by atoms with Crippen LogP contribution in [0.4, 0.5) is 0 Å². The lowest BCUT2D eigenvalue weighted by atomic mass is 10.2. The van der Waals surface area contributed by atoms with Crippen molar-refractivity contribution in [3.8, 4) is 5.75 Å². The molecule has 0 amide bonds. The maximum Gasteiger partial charge on any atom is 0.440 e. The molecule has 0 aliphatic carbocycles. The molecule has 1 unspecified atom stereocenters. The molecule has 0 aliphatic heterocycles. The molecule has 1 aromatic rings. The van der Waals surface area contributed by atoms with Gasteiger partial charge in [0.25, 0.3) is 0 Å². The van der Waals surface area contributed by atoms with E-state index in [0.717, 1.165) is 22.6 Å². The van der Waals surface area contributed by atoms with Gasteiger partial charge in [0, 0.05) is 16.2 Å². The molecule has 0 N–H and O–H groups in total. The normalized spacial score (nSPS) is 14.3. The summed E-state index contributed by atoms with van der Waals surface area (Å²) in [6, 6.07) is 5.86. The summed E-state index contributed by atoms with van der Waals surface area (Å²) in [6.07, 6.45) is 6.85. The Hall–Kier alpha value is -0.350. The number of allylic oxidation sites excluding steroid dienone is 1. The Morgan fingerprint density at radius 3 is 2.67 bits per heavy atom. The van der Waals surface area contributed by atoms with Crippen molar-refractivity contribution in [1.82, 2.24) is 0 Å². The van der Waals surface area contributed by atoms with E-state index in [9.17, 15) is 4.57 Å². The van der Waals surface area contributed by atoms with Gasteiger partial charge in [0.1, 0.15) is 5.75 Å². The SMILES string of the molecule is CC=Cc1cc(SC)ccc1OP(=O)(OCC)SCCC. The quantitative estimate of drug-likeness (QED) is 0.398. The van der Waals surface area contributed by atoms with Gasteiger partial charge < -0.3 is 4.52 Å². The highest BCUT2D eigenvalue weighted by atomic mass is 32.7. The summed E-state index contributed by atoms with van der Waals surface area (Å²) in [7, 11) is 0. The first-order valence-corrected chi connectivity index (χ1v) is 11.3. The lowest BCUT2D eigenvalue weighted by molar-refractivity contribution is 0.296. The second-order valence-corrected chi connectivity index (χ2v) is 9.19. The van der Waals surface area contributed by atoms with Gasteiger partial charge in [0.15, 0.2) is 0 Å². The number of hydrogen-bond donors (Lipinski definition) is 0. The number of thioether (sulfide) groups is 1. The van der Waals surface area contributed by atoms with Crippen LogP contribution in [-0.2, 0) is 9.09 Å². The standard InChI is InChI=1S/C15H23O3PS2/c1-5-8-13-12-14(20-4)9-10-15(13)18-19(16,17-7-3)21-11-6-2/h5,8-10,12H,6-7,11H2,1-4H3. The van der Waals surface area contributed by atoms with Crippen LogP contribution in [0.5, 0.6) is 5.75 Å². The van der Waals surface area contributed by atoms with E-state index in [4.69, 9.17) is 9.05 Å². The molecule has 0 fully saturated rings. The van der Waals surface area contributed by atoms with E-state index in [-0.39, 0.29) is 0 Å². The monoisotopic (exact) mass is 346 g/mol. The van der Waals surface area contributed by atoms with Gasteiger partial charge in [-0.3, -0.25) is 4.52 Å². The van der Waals surface area contributed by atoms with Crippen LogP contribution in [0.25, 0.3) is 6.08 Å². The van der Waals surface area contributed by atoms with Crippen molar-refractivity contribution >= 4 is 36.0 Å². The van der Waals surface area contributed by atoms with E-state index >= 15 is 0 Å². The summed E-state index contributed by atoms with van der Waals surface area (Å²) in [5.41, 5.74) is 0.918.